The molecule has 0 unspecified atom stereocenters. The molecule has 0 saturated heterocycles. The summed E-state index contributed by atoms with van der Waals surface area (Å²) < 4.78 is 0. The van der Waals surface area contributed by atoms with Crippen molar-refractivity contribution in [3.05, 3.63) is 28.5 Å². The van der Waals surface area contributed by atoms with Crippen LogP contribution in [0.1, 0.15) is 18.2 Å². The number of nitrogens with one attached hydrogen (secondary N) is 1. The molecule has 1 heterocycles. The molecule has 0 aromatic carbocycles. The minimum atomic E-state index is -0.0183. The first kappa shape index (κ1) is 9.99. The molecule has 0 aliphatic heterocycles. The zero-order valence-corrected chi connectivity index (χ0v) is 8.43. The summed E-state index contributed by atoms with van der Waals surface area (Å²) in [4.78, 5) is 12.2. The van der Waals surface area contributed by atoms with Gasteiger partial charge in [0.05, 0.1) is 0 Å². The fourth-order valence-corrected chi connectivity index (χ4v) is 1.47. The summed E-state index contributed by atoms with van der Waals surface area (Å²) in [5, 5.41) is 4.76. The molecule has 2 nitrogen and oxygen atoms in total. The SMILES string of the molecule is CCCNC(=O)/C=C/c1cccs1. The Morgan fingerprint density at radius 3 is 3.15 bits per heavy atom. The van der Waals surface area contributed by atoms with Gasteiger partial charge >= 0.3 is 0 Å². The quantitative estimate of drug-likeness (QED) is 0.734. The first-order valence-corrected chi connectivity index (χ1v) is 5.20. The van der Waals surface area contributed by atoms with E-state index in [0.29, 0.717) is 0 Å². The predicted octanol–water partition coefficient (Wildman–Crippen LogP) is 2.29. The van der Waals surface area contributed by atoms with Gasteiger partial charge in [-0.15, -0.1) is 11.3 Å². The molecular formula is C10H13NOS. The molecule has 1 amide bonds. The van der Waals surface area contributed by atoms with E-state index in [1.807, 2.05) is 30.5 Å². The van der Waals surface area contributed by atoms with Crippen LogP contribution in [0.25, 0.3) is 6.08 Å². The molecule has 0 saturated carbocycles. The fraction of sp³-hybridized carbons (Fsp3) is 0.300. The van der Waals surface area contributed by atoms with Gasteiger partial charge in [0, 0.05) is 17.5 Å². The third kappa shape index (κ3) is 3.90. The Labute approximate surface area is 82.3 Å². The smallest absolute Gasteiger partial charge is 0.244 e. The molecule has 0 radical (unpaired) electrons. The Balaban J connectivity index is 2.35. The lowest BCUT2D eigenvalue weighted by Crippen LogP contribution is -2.21. The number of rotatable bonds is 4. The van der Waals surface area contributed by atoms with Gasteiger partial charge < -0.3 is 5.32 Å². The zero-order chi connectivity index (χ0) is 9.52. The van der Waals surface area contributed by atoms with Crippen molar-refractivity contribution in [2.75, 3.05) is 6.54 Å². The van der Waals surface area contributed by atoms with Crippen LogP contribution in [0.4, 0.5) is 0 Å². The van der Waals surface area contributed by atoms with E-state index in [-0.39, 0.29) is 5.91 Å². The van der Waals surface area contributed by atoms with Gasteiger partial charge in [0.1, 0.15) is 0 Å². The van der Waals surface area contributed by atoms with Crippen LogP contribution in [0.2, 0.25) is 0 Å². The van der Waals surface area contributed by atoms with Crippen LogP contribution in [-0.2, 0) is 4.79 Å². The Hall–Kier alpha value is -1.09. The zero-order valence-electron chi connectivity index (χ0n) is 7.62. The molecule has 0 aliphatic carbocycles. The summed E-state index contributed by atoms with van der Waals surface area (Å²) in [6.45, 7) is 2.77. The number of amides is 1. The van der Waals surface area contributed by atoms with E-state index in [0.717, 1.165) is 17.8 Å². The highest BCUT2D eigenvalue weighted by Crippen LogP contribution is 2.09. The van der Waals surface area contributed by atoms with E-state index in [4.69, 9.17) is 0 Å². The molecule has 3 heteroatoms. The van der Waals surface area contributed by atoms with Gasteiger partial charge in [-0.3, -0.25) is 4.79 Å². The lowest BCUT2D eigenvalue weighted by molar-refractivity contribution is -0.116. The van der Waals surface area contributed by atoms with Gasteiger partial charge in [0.25, 0.3) is 0 Å². The lowest BCUT2D eigenvalue weighted by Gasteiger charge is -1.96. The minimum Gasteiger partial charge on any atom is -0.353 e. The molecule has 0 aliphatic rings. The van der Waals surface area contributed by atoms with Crippen molar-refractivity contribution >= 4 is 23.3 Å². The van der Waals surface area contributed by atoms with Crippen molar-refractivity contribution in [3.63, 3.8) is 0 Å². The molecule has 1 aromatic heterocycles. The average molecular weight is 195 g/mol. The number of thiophene rings is 1. The van der Waals surface area contributed by atoms with E-state index < -0.39 is 0 Å². The van der Waals surface area contributed by atoms with Crippen molar-refractivity contribution in [2.24, 2.45) is 0 Å². The Morgan fingerprint density at radius 2 is 2.54 bits per heavy atom. The summed E-state index contributed by atoms with van der Waals surface area (Å²) >= 11 is 1.62. The second-order valence-electron chi connectivity index (χ2n) is 2.64. The Bertz CT molecular complexity index is 277. The van der Waals surface area contributed by atoms with Gasteiger partial charge in [-0.2, -0.15) is 0 Å². The maximum Gasteiger partial charge on any atom is 0.244 e. The number of hydrogen-bond acceptors (Lipinski definition) is 2. The molecular weight excluding hydrogens is 182 g/mol. The molecule has 0 atom stereocenters. The molecule has 1 N–H and O–H groups in total. The number of carbonyl (C=O) groups excluding carboxylic acids is 1. The number of carbonyl (C=O) groups is 1. The van der Waals surface area contributed by atoms with Gasteiger partial charge in [-0.25, -0.2) is 0 Å². The maximum absolute atomic E-state index is 11.1. The lowest BCUT2D eigenvalue weighted by atomic mass is 10.4. The summed E-state index contributed by atoms with van der Waals surface area (Å²) in [5.41, 5.74) is 0. The van der Waals surface area contributed by atoms with E-state index in [1.54, 1.807) is 17.4 Å². The van der Waals surface area contributed by atoms with Crippen molar-refractivity contribution < 1.29 is 4.79 Å². The van der Waals surface area contributed by atoms with E-state index >= 15 is 0 Å². The van der Waals surface area contributed by atoms with Gasteiger partial charge in [0.15, 0.2) is 0 Å². The van der Waals surface area contributed by atoms with Crippen molar-refractivity contribution in [1.82, 2.24) is 5.32 Å². The topological polar surface area (TPSA) is 29.1 Å². The highest BCUT2D eigenvalue weighted by molar-refractivity contribution is 7.10. The van der Waals surface area contributed by atoms with Gasteiger partial charge in [-0.05, 0) is 23.9 Å². The van der Waals surface area contributed by atoms with Crippen LogP contribution in [0.15, 0.2) is 23.6 Å². The number of hydrogen-bond donors (Lipinski definition) is 1. The molecule has 0 bridgehead atoms. The van der Waals surface area contributed by atoms with E-state index in [9.17, 15) is 4.79 Å². The Morgan fingerprint density at radius 1 is 1.69 bits per heavy atom. The first-order valence-electron chi connectivity index (χ1n) is 4.32. The van der Waals surface area contributed by atoms with Crippen molar-refractivity contribution in [1.29, 1.82) is 0 Å². The van der Waals surface area contributed by atoms with Gasteiger partial charge in [-0.1, -0.05) is 13.0 Å². The summed E-state index contributed by atoms with van der Waals surface area (Å²) in [6, 6.07) is 3.95. The largest absolute Gasteiger partial charge is 0.353 e. The van der Waals surface area contributed by atoms with Gasteiger partial charge in [0.2, 0.25) is 5.91 Å². The van der Waals surface area contributed by atoms with Crippen LogP contribution in [0, 0.1) is 0 Å². The van der Waals surface area contributed by atoms with E-state index in [2.05, 4.69) is 5.32 Å². The Kier molecular flexibility index (Phi) is 4.26. The standard InChI is InChI=1S/C10H13NOS/c1-2-7-11-10(12)6-5-9-4-3-8-13-9/h3-6,8H,2,7H2,1H3,(H,11,12)/b6-5+. The minimum absolute atomic E-state index is 0.0183. The second-order valence-corrected chi connectivity index (χ2v) is 3.62. The van der Waals surface area contributed by atoms with Crippen molar-refractivity contribution in [3.8, 4) is 0 Å². The highest BCUT2D eigenvalue weighted by Gasteiger charge is 1.92. The summed E-state index contributed by atoms with van der Waals surface area (Å²) in [5.74, 6) is -0.0183. The molecule has 70 valence electrons. The molecule has 13 heavy (non-hydrogen) atoms. The maximum atomic E-state index is 11.1. The van der Waals surface area contributed by atoms with Crippen LogP contribution in [-0.4, -0.2) is 12.5 Å². The van der Waals surface area contributed by atoms with Crippen LogP contribution < -0.4 is 5.32 Å². The fourth-order valence-electron chi connectivity index (χ4n) is 0.851. The first-order chi connectivity index (χ1) is 6.33. The average Bonchev–Trinajstić information content (AvgIpc) is 2.64. The molecule has 0 spiro atoms. The molecule has 1 rings (SSSR count). The van der Waals surface area contributed by atoms with Crippen LogP contribution in [0.5, 0.6) is 0 Å². The summed E-state index contributed by atoms with van der Waals surface area (Å²) in [7, 11) is 0. The summed E-state index contributed by atoms with van der Waals surface area (Å²) in [6.07, 6.45) is 4.37. The van der Waals surface area contributed by atoms with Crippen molar-refractivity contribution in [2.45, 2.75) is 13.3 Å². The monoisotopic (exact) mass is 195 g/mol. The van der Waals surface area contributed by atoms with E-state index in [1.165, 1.54) is 0 Å². The third-order valence-corrected chi connectivity index (χ3v) is 2.33. The predicted molar refractivity (Wildman–Crippen MR) is 56.7 cm³/mol. The van der Waals surface area contributed by atoms with Crippen LogP contribution in [0.3, 0.4) is 0 Å². The second kappa shape index (κ2) is 5.54. The highest BCUT2D eigenvalue weighted by atomic mass is 32.1. The molecule has 1 aromatic rings. The molecule has 0 fully saturated rings. The third-order valence-electron chi connectivity index (χ3n) is 1.49. The van der Waals surface area contributed by atoms with Crippen LogP contribution >= 0.6 is 11.3 Å². The normalized spacial score (nSPS) is 10.5.